The third kappa shape index (κ3) is 7.73. The summed E-state index contributed by atoms with van der Waals surface area (Å²) >= 11 is 0. The van der Waals surface area contributed by atoms with Gasteiger partial charge in [0.05, 0.1) is 12.4 Å². The number of hydrogen-bond donors (Lipinski definition) is 5. The van der Waals surface area contributed by atoms with Crippen molar-refractivity contribution in [1.29, 1.82) is 0 Å². The smallest absolute Gasteiger partial charge is 0.289 e. The Bertz CT molecular complexity index is 1660. The SMILES string of the molecule is CCNC(=O)[C@H]1O[C@@H](n2cnc3c(NCC(c4ccccc4)c4ccccc4)nc(C(=O)NCCN4CCC(OC)CC4)nc32)[C@H](O)[C@@H]1O. The molecule has 260 valence electrons. The Kier molecular flexibility index (Phi) is 11.1. The predicted octanol–water partition coefficient (Wildman–Crippen LogP) is 1.67. The summed E-state index contributed by atoms with van der Waals surface area (Å²) in [5.41, 5.74) is 2.73. The Morgan fingerprint density at radius 3 is 2.29 bits per heavy atom. The molecule has 4 aromatic rings. The Hall–Kier alpha value is -4.47. The number of amides is 2. The molecule has 2 amide bonds. The van der Waals surface area contributed by atoms with Crippen molar-refractivity contribution in [3.05, 3.63) is 83.9 Å². The van der Waals surface area contributed by atoms with E-state index in [9.17, 15) is 19.8 Å². The van der Waals surface area contributed by atoms with Crippen LogP contribution in [0.25, 0.3) is 11.2 Å². The van der Waals surface area contributed by atoms with Gasteiger partial charge in [0.1, 0.15) is 12.2 Å². The molecule has 0 spiro atoms. The summed E-state index contributed by atoms with van der Waals surface area (Å²) in [7, 11) is 1.74. The summed E-state index contributed by atoms with van der Waals surface area (Å²) in [6.07, 6.45) is -1.87. The van der Waals surface area contributed by atoms with Crippen molar-refractivity contribution >= 4 is 28.8 Å². The second-order valence-electron chi connectivity index (χ2n) is 12.3. The van der Waals surface area contributed by atoms with Crippen molar-refractivity contribution in [2.45, 2.75) is 56.3 Å². The van der Waals surface area contributed by atoms with Crippen molar-refractivity contribution in [2.75, 3.05) is 51.7 Å². The number of anilines is 1. The third-order valence-corrected chi connectivity index (χ3v) is 9.21. The minimum Gasteiger partial charge on any atom is -0.387 e. The van der Waals surface area contributed by atoms with Gasteiger partial charge in [-0.15, -0.1) is 0 Å². The van der Waals surface area contributed by atoms with E-state index in [-0.39, 0.29) is 23.5 Å². The summed E-state index contributed by atoms with van der Waals surface area (Å²) in [4.78, 5) is 42.1. The molecule has 2 saturated heterocycles. The monoisotopic (exact) mass is 672 g/mol. The van der Waals surface area contributed by atoms with Crippen LogP contribution >= 0.6 is 0 Å². The van der Waals surface area contributed by atoms with Crippen LogP contribution in [0.2, 0.25) is 0 Å². The second-order valence-corrected chi connectivity index (χ2v) is 12.3. The minimum atomic E-state index is -1.48. The number of likely N-dealkylation sites (N-methyl/N-ethyl adjacent to an activating group) is 1. The fourth-order valence-electron chi connectivity index (χ4n) is 6.48. The van der Waals surface area contributed by atoms with E-state index in [1.807, 2.05) is 36.4 Å². The molecular formula is C35H44N8O6. The van der Waals surface area contributed by atoms with Gasteiger partial charge >= 0.3 is 0 Å². The molecule has 2 aliphatic heterocycles. The highest BCUT2D eigenvalue weighted by molar-refractivity contribution is 5.94. The number of fused-ring (bicyclic) bond motifs is 1. The lowest BCUT2D eigenvalue weighted by Crippen LogP contribution is -2.42. The number of piperidine rings is 1. The lowest BCUT2D eigenvalue weighted by molar-refractivity contribution is -0.137. The molecule has 14 nitrogen and oxygen atoms in total. The van der Waals surface area contributed by atoms with Crippen LogP contribution in [0.1, 0.15) is 53.7 Å². The normalized spacial score (nSPS) is 21.7. The fourth-order valence-corrected chi connectivity index (χ4v) is 6.48. The first-order chi connectivity index (χ1) is 23.9. The molecule has 5 N–H and O–H groups in total. The van der Waals surface area contributed by atoms with Gasteiger partial charge in [0, 0.05) is 52.3 Å². The lowest BCUT2D eigenvalue weighted by Gasteiger charge is -2.31. The summed E-state index contributed by atoms with van der Waals surface area (Å²) in [5.74, 6) is -0.848. The number of likely N-dealkylation sites (tertiary alicyclic amines) is 1. The van der Waals surface area contributed by atoms with Crippen LogP contribution in [0.4, 0.5) is 5.82 Å². The van der Waals surface area contributed by atoms with Crippen LogP contribution in [-0.2, 0) is 14.3 Å². The number of rotatable bonds is 13. The topological polar surface area (TPSA) is 176 Å². The molecule has 0 radical (unpaired) electrons. The average molecular weight is 673 g/mol. The number of benzene rings is 2. The van der Waals surface area contributed by atoms with Gasteiger partial charge in [0.25, 0.3) is 11.8 Å². The van der Waals surface area contributed by atoms with Crippen LogP contribution in [0.5, 0.6) is 0 Å². The van der Waals surface area contributed by atoms with Crippen molar-refractivity contribution in [1.82, 2.24) is 35.1 Å². The second kappa shape index (κ2) is 15.8. The Labute approximate surface area is 284 Å². The van der Waals surface area contributed by atoms with Gasteiger partial charge in [-0.05, 0) is 30.9 Å². The maximum absolute atomic E-state index is 13.5. The van der Waals surface area contributed by atoms with E-state index < -0.39 is 36.4 Å². The van der Waals surface area contributed by atoms with Crippen LogP contribution in [-0.4, -0.2) is 117 Å². The third-order valence-electron chi connectivity index (χ3n) is 9.21. The summed E-state index contributed by atoms with van der Waals surface area (Å²) in [5, 5.41) is 30.7. The number of carbonyl (C=O) groups excluding carboxylic acids is 2. The number of ether oxygens (including phenoxy) is 2. The maximum Gasteiger partial charge on any atom is 0.289 e. The Balaban J connectivity index is 1.29. The number of imidazole rings is 1. The molecule has 49 heavy (non-hydrogen) atoms. The zero-order chi connectivity index (χ0) is 34.3. The lowest BCUT2D eigenvalue weighted by atomic mass is 9.91. The minimum absolute atomic E-state index is 0.0537. The molecule has 2 aromatic carbocycles. The van der Waals surface area contributed by atoms with Gasteiger partial charge in [-0.25, -0.2) is 15.0 Å². The highest BCUT2D eigenvalue weighted by Crippen LogP contribution is 2.33. The van der Waals surface area contributed by atoms with E-state index in [1.54, 1.807) is 14.0 Å². The average Bonchev–Trinajstić information content (AvgIpc) is 3.69. The van der Waals surface area contributed by atoms with Gasteiger partial charge < -0.3 is 40.5 Å². The molecule has 0 bridgehead atoms. The van der Waals surface area contributed by atoms with E-state index >= 15 is 0 Å². The molecule has 4 heterocycles. The number of nitrogens with one attached hydrogen (secondary N) is 3. The first kappa shape index (κ1) is 34.4. The molecule has 2 aromatic heterocycles. The fraction of sp³-hybridized carbons (Fsp3) is 0.457. The van der Waals surface area contributed by atoms with Gasteiger partial charge in [-0.1, -0.05) is 60.7 Å². The zero-order valence-electron chi connectivity index (χ0n) is 27.7. The first-order valence-electron chi connectivity index (χ1n) is 16.8. The number of aliphatic hydroxyl groups excluding tert-OH is 2. The highest BCUT2D eigenvalue weighted by Gasteiger charge is 2.47. The molecule has 6 rings (SSSR count). The molecule has 14 heteroatoms. The van der Waals surface area contributed by atoms with Gasteiger partial charge in [-0.3, -0.25) is 14.2 Å². The zero-order valence-corrected chi connectivity index (χ0v) is 27.7. The van der Waals surface area contributed by atoms with E-state index in [0.29, 0.717) is 37.5 Å². The molecular weight excluding hydrogens is 628 g/mol. The summed E-state index contributed by atoms with van der Waals surface area (Å²) in [6.45, 7) is 5.35. The number of carbonyl (C=O) groups is 2. The van der Waals surface area contributed by atoms with Crippen LogP contribution in [0, 0.1) is 0 Å². The number of methoxy groups -OCH3 is 1. The van der Waals surface area contributed by atoms with E-state index in [4.69, 9.17) is 9.47 Å². The van der Waals surface area contributed by atoms with Gasteiger partial charge in [-0.2, -0.15) is 0 Å². The van der Waals surface area contributed by atoms with E-state index in [0.717, 1.165) is 37.1 Å². The van der Waals surface area contributed by atoms with Gasteiger partial charge in [0.2, 0.25) is 5.82 Å². The van der Waals surface area contributed by atoms with Gasteiger partial charge in [0.15, 0.2) is 29.3 Å². The molecule has 4 atom stereocenters. The maximum atomic E-state index is 13.5. The van der Waals surface area contributed by atoms with Crippen LogP contribution in [0.15, 0.2) is 67.0 Å². The summed E-state index contributed by atoms with van der Waals surface area (Å²) in [6, 6.07) is 20.2. The molecule has 2 fully saturated rings. The van der Waals surface area contributed by atoms with Crippen molar-refractivity contribution < 1.29 is 29.3 Å². The highest BCUT2D eigenvalue weighted by atomic mass is 16.6. The van der Waals surface area contributed by atoms with E-state index in [2.05, 4.69) is 60.1 Å². The number of hydrogen-bond acceptors (Lipinski definition) is 11. The molecule has 0 aliphatic carbocycles. The van der Waals surface area contributed by atoms with Crippen molar-refractivity contribution in [3.63, 3.8) is 0 Å². The van der Waals surface area contributed by atoms with Crippen molar-refractivity contribution in [2.24, 2.45) is 0 Å². The molecule has 2 aliphatic rings. The quantitative estimate of drug-likeness (QED) is 0.140. The number of aromatic nitrogens is 4. The Morgan fingerprint density at radius 1 is 0.980 bits per heavy atom. The summed E-state index contributed by atoms with van der Waals surface area (Å²) < 4.78 is 12.8. The standard InChI is InChI=1S/C35H44N8O6/c1-3-36-33(46)29-27(44)28(45)35(49-29)43-21-39-26-30(38-20-25(22-10-6-4-7-11-22)23-12-8-5-9-13-23)40-31(41-32(26)43)34(47)37-16-19-42-17-14-24(48-2)15-18-42/h4-13,21,24-25,27-29,35,44-45H,3,14-20H2,1-2H3,(H,36,46)(H,37,47)(H,38,40,41)/t27-,28+,29-,35+/m0/s1. The predicted molar refractivity (Wildman–Crippen MR) is 182 cm³/mol. The van der Waals surface area contributed by atoms with E-state index in [1.165, 1.54) is 10.9 Å². The number of aliphatic hydroxyl groups is 2. The largest absolute Gasteiger partial charge is 0.387 e. The number of nitrogens with zero attached hydrogens (tertiary/aromatic N) is 5. The van der Waals surface area contributed by atoms with Crippen LogP contribution < -0.4 is 16.0 Å². The Morgan fingerprint density at radius 2 is 1.65 bits per heavy atom. The van der Waals surface area contributed by atoms with Crippen LogP contribution in [0.3, 0.4) is 0 Å². The molecule has 0 unspecified atom stereocenters. The van der Waals surface area contributed by atoms with Crippen molar-refractivity contribution in [3.8, 4) is 0 Å². The molecule has 0 saturated carbocycles. The first-order valence-corrected chi connectivity index (χ1v) is 16.8.